The molecule has 1 aliphatic carbocycles. The molecule has 1 heterocycles. The van der Waals surface area contributed by atoms with Gasteiger partial charge in [0.05, 0.1) is 21.3 Å². The number of ether oxygens (including phenoxy) is 3. The van der Waals surface area contributed by atoms with Gasteiger partial charge in [-0.1, -0.05) is 0 Å². The molecule has 2 fully saturated rings. The molecule has 0 unspecified atom stereocenters. The van der Waals surface area contributed by atoms with E-state index in [4.69, 9.17) is 14.2 Å². The number of hydrogen-bond acceptors (Lipinski definition) is 5. The molecule has 0 spiro atoms. The van der Waals surface area contributed by atoms with Crippen LogP contribution in [-0.4, -0.2) is 52.4 Å². The third kappa shape index (κ3) is 2.88. The fourth-order valence-corrected chi connectivity index (χ4v) is 3.48. The lowest BCUT2D eigenvalue weighted by Gasteiger charge is -2.36. The molecular formula is C17H26N2O3. The lowest BCUT2D eigenvalue weighted by atomic mass is 9.98. The van der Waals surface area contributed by atoms with Gasteiger partial charge in [0.15, 0.2) is 11.5 Å². The van der Waals surface area contributed by atoms with Crippen molar-refractivity contribution >= 4 is 0 Å². The maximum Gasteiger partial charge on any atom is 0.203 e. The lowest BCUT2D eigenvalue weighted by Crippen LogP contribution is -2.45. The van der Waals surface area contributed by atoms with Crippen LogP contribution in [-0.2, 0) is 0 Å². The maximum absolute atomic E-state index is 5.71. The molecule has 0 amide bonds. The summed E-state index contributed by atoms with van der Waals surface area (Å²) in [6, 6.07) is 4.55. The maximum atomic E-state index is 5.71. The van der Waals surface area contributed by atoms with Crippen LogP contribution in [0.15, 0.2) is 12.1 Å². The fourth-order valence-electron chi connectivity index (χ4n) is 3.48. The van der Waals surface area contributed by atoms with Crippen molar-refractivity contribution in [3.05, 3.63) is 17.7 Å². The minimum atomic E-state index is 0.414. The van der Waals surface area contributed by atoms with E-state index in [0.29, 0.717) is 11.8 Å². The molecule has 1 aromatic rings. The summed E-state index contributed by atoms with van der Waals surface area (Å²) in [5, 5.41) is 3.43. The smallest absolute Gasteiger partial charge is 0.203 e. The van der Waals surface area contributed by atoms with E-state index in [9.17, 15) is 0 Å². The number of nitrogens with one attached hydrogen (secondary N) is 1. The molecule has 1 atom stereocenters. The summed E-state index contributed by atoms with van der Waals surface area (Å²) < 4.78 is 16.7. The molecule has 1 N–H and O–H groups in total. The second kappa shape index (κ2) is 6.75. The Morgan fingerprint density at radius 2 is 1.68 bits per heavy atom. The second-order valence-electron chi connectivity index (χ2n) is 5.99. The van der Waals surface area contributed by atoms with E-state index < -0.39 is 0 Å². The van der Waals surface area contributed by atoms with E-state index in [1.807, 2.05) is 6.07 Å². The van der Waals surface area contributed by atoms with Crippen molar-refractivity contribution < 1.29 is 14.2 Å². The Morgan fingerprint density at radius 3 is 2.23 bits per heavy atom. The normalized spacial score (nSPS) is 20.5. The highest BCUT2D eigenvalue weighted by molar-refractivity contribution is 5.57. The third-order valence-electron chi connectivity index (χ3n) is 4.67. The van der Waals surface area contributed by atoms with Crippen molar-refractivity contribution in [2.45, 2.75) is 18.9 Å². The van der Waals surface area contributed by atoms with Crippen LogP contribution >= 0.6 is 0 Å². The Bertz CT molecular complexity index is 511. The average Bonchev–Trinajstić information content (AvgIpc) is 3.40. The summed E-state index contributed by atoms with van der Waals surface area (Å²) in [5.41, 5.74) is 1.23. The topological polar surface area (TPSA) is 43.0 Å². The van der Waals surface area contributed by atoms with Crippen molar-refractivity contribution in [2.24, 2.45) is 5.92 Å². The van der Waals surface area contributed by atoms with E-state index in [1.54, 1.807) is 21.3 Å². The van der Waals surface area contributed by atoms with Crippen LogP contribution in [0.2, 0.25) is 0 Å². The first-order valence-corrected chi connectivity index (χ1v) is 8.03. The molecule has 1 aromatic carbocycles. The Balaban J connectivity index is 1.99. The van der Waals surface area contributed by atoms with Gasteiger partial charge >= 0.3 is 0 Å². The predicted octanol–water partition coefficient (Wildman–Crippen LogP) is 2.07. The summed E-state index contributed by atoms with van der Waals surface area (Å²) in [7, 11) is 5.04. The number of rotatable bonds is 6. The zero-order valence-corrected chi connectivity index (χ0v) is 13.7. The zero-order chi connectivity index (χ0) is 15.5. The largest absolute Gasteiger partial charge is 0.493 e. The van der Waals surface area contributed by atoms with E-state index in [2.05, 4.69) is 16.3 Å². The SMILES string of the molecule is COc1ccc([C@@H](C2CC2)N2CCNCC2)c(OC)c1OC. The molecule has 5 nitrogen and oxygen atoms in total. The summed E-state index contributed by atoms with van der Waals surface area (Å²) in [4.78, 5) is 2.58. The van der Waals surface area contributed by atoms with Gasteiger partial charge in [-0.2, -0.15) is 0 Å². The number of methoxy groups -OCH3 is 3. The van der Waals surface area contributed by atoms with Crippen molar-refractivity contribution in [3.63, 3.8) is 0 Å². The molecule has 1 saturated heterocycles. The second-order valence-corrected chi connectivity index (χ2v) is 5.99. The molecule has 0 bridgehead atoms. The molecule has 1 aliphatic heterocycles. The quantitative estimate of drug-likeness (QED) is 0.871. The highest BCUT2D eigenvalue weighted by atomic mass is 16.5. The van der Waals surface area contributed by atoms with Crippen LogP contribution in [0.5, 0.6) is 17.2 Å². The minimum absolute atomic E-state index is 0.414. The molecule has 122 valence electrons. The molecule has 2 aliphatic rings. The highest BCUT2D eigenvalue weighted by Gasteiger charge is 2.39. The fraction of sp³-hybridized carbons (Fsp3) is 0.647. The molecule has 1 saturated carbocycles. The number of hydrogen-bond donors (Lipinski definition) is 1. The predicted molar refractivity (Wildman–Crippen MR) is 86.0 cm³/mol. The molecule has 0 radical (unpaired) electrons. The standard InChI is InChI=1S/C17H26N2O3/c1-20-14-7-6-13(16(21-2)17(14)22-3)15(12-4-5-12)19-10-8-18-9-11-19/h6-7,12,15,18H,4-5,8-11H2,1-3H3/t15-/m1/s1. The zero-order valence-electron chi connectivity index (χ0n) is 13.7. The van der Waals surface area contributed by atoms with Crippen molar-refractivity contribution in [1.82, 2.24) is 10.2 Å². The van der Waals surface area contributed by atoms with Crippen LogP contribution in [0.1, 0.15) is 24.4 Å². The number of nitrogens with zero attached hydrogens (tertiary/aromatic N) is 1. The van der Waals surface area contributed by atoms with Crippen LogP contribution in [0.25, 0.3) is 0 Å². The van der Waals surface area contributed by atoms with Crippen LogP contribution in [0.3, 0.4) is 0 Å². The van der Waals surface area contributed by atoms with E-state index in [1.165, 1.54) is 18.4 Å². The molecule has 22 heavy (non-hydrogen) atoms. The van der Waals surface area contributed by atoms with Gasteiger partial charge in [0.2, 0.25) is 5.75 Å². The van der Waals surface area contributed by atoms with E-state index in [0.717, 1.165) is 43.6 Å². The Morgan fingerprint density at radius 1 is 1.00 bits per heavy atom. The van der Waals surface area contributed by atoms with Gasteiger partial charge in [-0.3, -0.25) is 4.90 Å². The summed E-state index contributed by atoms with van der Waals surface area (Å²) in [6.07, 6.45) is 2.60. The third-order valence-corrected chi connectivity index (χ3v) is 4.67. The highest BCUT2D eigenvalue weighted by Crippen LogP contribution is 2.50. The average molecular weight is 306 g/mol. The van der Waals surface area contributed by atoms with Gasteiger partial charge in [0, 0.05) is 37.8 Å². The van der Waals surface area contributed by atoms with Gasteiger partial charge in [-0.15, -0.1) is 0 Å². The minimum Gasteiger partial charge on any atom is -0.493 e. The first kappa shape index (κ1) is 15.4. The molecular weight excluding hydrogens is 280 g/mol. The van der Waals surface area contributed by atoms with Gasteiger partial charge in [-0.25, -0.2) is 0 Å². The van der Waals surface area contributed by atoms with Gasteiger partial charge in [0.25, 0.3) is 0 Å². The van der Waals surface area contributed by atoms with Crippen molar-refractivity contribution in [2.75, 3.05) is 47.5 Å². The summed E-state index contributed by atoms with van der Waals surface area (Å²) in [6.45, 7) is 4.27. The van der Waals surface area contributed by atoms with Crippen LogP contribution in [0.4, 0.5) is 0 Å². The lowest BCUT2D eigenvalue weighted by molar-refractivity contribution is 0.152. The van der Waals surface area contributed by atoms with Crippen LogP contribution in [0, 0.1) is 5.92 Å². The summed E-state index contributed by atoms with van der Waals surface area (Å²) >= 11 is 0. The molecule has 0 aromatic heterocycles. The first-order chi connectivity index (χ1) is 10.8. The van der Waals surface area contributed by atoms with Gasteiger partial charge in [0.1, 0.15) is 0 Å². The molecule has 3 rings (SSSR count). The number of piperazine rings is 1. The summed E-state index contributed by atoms with van der Waals surface area (Å²) in [5.74, 6) is 2.96. The van der Waals surface area contributed by atoms with Gasteiger partial charge in [-0.05, 0) is 30.9 Å². The monoisotopic (exact) mass is 306 g/mol. The number of benzene rings is 1. The van der Waals surface area contributed by atoms with Crippen molar-refractivity contribution in [1.29, 1.82) is 0 Å². The van der Waals surface area contributed by atoms with Crippen molar-refractivity contribution in [3.8, 4) is 17.2 Å². The van der Waals surface area contributed by atoms with E-state index in [-0.39, 0.29) is 0 Å². The Labute approximate surface area is 132 Å². The van der Waals surface area contributed by atoms with E-state index >= 15 is 0 Å². The Hall–Kier alpha value is -1.46. The Kier molecular flexibility index (Phi) is 4.74. The van der Waals surface area contributed by atoms with Crippen LogP contribution < -0.4 is 19.5 Å². The van der Waals surface area contributed by atoms with Gasteiger partial charge < -0.3 is 19.5 Å². The molecule has 5 heteroatoms. The first-order valence-electron chi connectivity index (χ1n) is 8.03.